The molecule has 1 saturated carbocycles. The van der Waals surface area contributed by atoms with Gasteiger partial charge in [0.15, 0.2) is 0 Å². The molecule has 2 rings (SSSR count). The Kier molecular flexibility index (Phi) is 6.38. The van der Waals surface area contributed by atoms with Crippen molar-refractivity contribution in [2.45, 2.75) is 64.4 Å². The fourth-order valence-electron chi connectivity index (χ4n) is 3.07. The van der Waals surface area contributed by atoms with Gasteiger partial charge in [0.25, 0.3) is 0 Å². The zero-order chi connectivity index (χ0) is 14.2. The van der Waals surface area contributed by atoms with Crippen molar-refractivity contribution in [3.05, 3.63) is 29.8 Å². The van der Waals surface area contributed by atoms with E-state index in [-0.39, 0.29) is 6.10 Å². The molecule has 0 amide bonds. The summed E-state index contributed by atoms with van der Waals surface area (Å²) in [5, 5.41) is 13.7. The van der Waals surface area contributed by atoms with E-state index in [0.29, 0.717) is 0 Å². The van der Waals surface area contributed by atoms with Crippen LogP contribution in [0.3, 0.4) is 0 Å². The second kappa shape index (κ2) is 8.31. The standard InChI is InChI=1S/C18H29NO/c1-2-3-12-18(20)16-10-7-11-17(13-16)19-14-15-8-5-4-6-9-15/h7,10-11,13,15,18-20H,2-6,8-9,12,14H2,1H3. The SMILES string of the molecule is CCCCC(O)c1cccc(NCC2CCCCC2)c1. The second-order valence-electron chi connectivity index (χ2n) is 6.17. The predicted octanol–water partition coefficient (Wildman–Crippen LogP) is 4.90. The molecule has 0 bridgehead atoms. The van der Waals surface area contributed by atoms with Gasteiger partial charge < -0.3 is 10.4 Å². The van der Waals surface area contributed by atoms with Crippen LogP contribution in [0.2, 0.25) is 0 Å². The minimum Gasteiger partial charge on any atom is -0.388 e. The molecule has 1 fully saturated rings. The Morgan fingerprint density at radius 3 is 2.80 bits per heavy atom. The van der Waals surface area contributed by atoms with Crippen LogP contribution in [0.1, 0.15) is 70.0 Å². The smallest absolute Gasteiger partial charge is 0.0790 e. The summed E-state index contributed by atoms with van der Waals surface area (Å²) in [6.45, 7) is 3.24. The highest BCUT2D eigenvalue weighted by atomic mass is 16.3. The first-order valence-corrected chi connectivity index (χ1v) is 8.31. The fourth-order valence-corrected chi connectivity index (χ4v) is 3.07. The van der Waals surface area contributed by atoms with E-state index in [0.717, 1.165) is 43.0 Å². The summed E-state index contributed by atoms with van der Waals surface area (Å²) >= 11 is 0. The number of rotatable bonds is 7. The van der Waals surface area contributed by atoms with Crippen molar-refractivity contribution in [1.29, 1.82) is 0 Å². The van der Waals surface area contributed by atoms with Crippen LogP contribution in [0.15, 0.2) is 24.3 Å². The van der Waals surface area contributed by atoms with E-state index < -0.39 is 0 Å². The molecule has 2 heteroatoms. The summed E-state index contributed by atoms with van der Waals surface area (Å²) < 4.78 is 0. The molecule has 20 heavy (non-hydrogen) atoms. The van der Waals surface area contributed by atoms with E-state index >= 15 is 0 Å². The maximum Gasteiger partial charge on any atom is 0.0790 e. The maximum absolute atomic E-state index is 10.2. The van der Waals surface area contributed by atoms with E-state index in [9.17, 15) is 5.11 Å². The van der Waals surface area contributed by atoms with Crippen molar-refractivity contribution in [2.75, 3.05) is 11.9 Å². The molecule has 1 atom stereocenters. The molecule has 0 heterocycles. The minimum atomic E-state index is -0.314. The predicted molar refractivity (Wildman–Crippen MR) is 86.0 cm³/mol. The average Bonchev–Trinajstić information content (AvgIpc) is 2.52. The zero-order valence-corrected chi connectivity index (χ0v) is 12.8. The van der Waals surface area contributed by atoms with Crippen LogP contribution in [0.4, 0.5) is 5.69 Å². The molecule has 0 saturated heterocycles. The van der Waals surface area contributed by atoms with E-state index in [2.05, 4.69) is 24.4 Å². The summed E-state index contributed by atoms with van der Waals surface area (Å²) in [6.07, 6.45) is 9.70. The van der Waals surface area contributed by atoms with Gasteiger partial charge in [0.2, 0.25) is 0 Å². The molecule has 1 aromatic carbocycles. The van der Waals surface area contributed by atoms with Crippen LogP contribution >= 0.6 is 0 Å². The van der Waals surface area contributed by atoms with E-state index in [1.54, 1.807) is 0 Å². The fraction of sp³-hybridized carbons (Fsp3) is 0.667. The molecule has 112 valence electrons. The topological polar surface area (TPSA) is 32.3 Å². The normalized spacial score (nSPS) is 17.9. The summed E-state index contributed by atoms with van der Waals surface area (Å²) in [7, 11) is 0. The number of aliphatic hydroxyl groups excluding tert-OH is 1. The van der Waals surface area contributed by atoms with E-state index in [1.807, 2.05) is 12.1 Å². The van der Waals surface area contributed by atoms with Crippen molar-refractivity contribution in [3.63, 3.8) is 0 Å². The van der Waals surface area contributed by atoms with Crippen molar-refractivity contribution in [1.82, 2.24) is 0 Å². The van der Waals surface area contributed by atoms with Crippen LogP contribution in [-0.2, 0) is 0 Å². The van der Waals surface area contributed by atoms with Gasteiger partial charge >= 0.3 is 0 Å². The molecule has 0 spiro atoms. The third-order valence-corrected chi connectivity index (χ3v) is 4.42. The number of hydrogen-bond donors (Lipinski definition) is 2. The third-order valence-electron chi connectivity index (χ3n) is 4.42. The molecule has 0 aliphatic heterocycles. The van der Waals surface area contributed by atoms with Crippen molar-refractivity contribution < 1.29 is 5.11 Å². The molecular weight excluding hydrogens is 246 g/mol. The zero-order valence-electron chi connectivity index (χ0n) is 12.8. The first-order chi connectivity index (χ1) is 9.79. The van der Waals surface area contributed by atoms with Gasteiger partial charge in [-0.25, -0.2) is 0 Å². The maximum atomic E-state index is 10.2. The van der Waals surface area contributed by atoms with Crippen molar-refractivity contribution in [2.24, 2.45) is 5.92 Å². The average molecular weight is 275 g/mol. The molecule has 1 unspecified atom stereocenters. The summed E-state index contributed by atoms with van der Waals surface area (Å²) in [5.74, 6) is 0.831. The van der Waals surface area contributed by atoms with Gasteiger partial charge in [-0.3, -0.25) is 0 Å². The number of unbranched alkanes of at least 4 members (excludes halogenated alkanes) is 1. The molecule has 1 aliphatic rings. The van der Waals surface area contributed by atoms with Gasteiger partial charge in [-0.05, 0) is 42.9 Å². The lowest BCUT2D eigenvalue weighted by atomic mass is 9.89. The molecule has 0 aromatic heterocycles. The Labute approximate surface area is 123 Å². The van der Waals surface area contributed by atoms with E-state index in [4.69, 9.17) is 0 Å². The highest BCUT2D eigenvalue weighted by Gasteiger charge is 2.13. The molecule has 1 aliphatic carbocycles. The van der Waals surface area contributed by atoms with Gasteiger partial charge in [0.05, 0.1) is 6.10 Å². The Morgan fingerprint density at radius 2 is 2.05 bits per heavy atom. The summed E-state index contributed by atoms with van der Waals surface area (Å²) in [5.41, 5.74) is 2.20. The van der Waals surface area contributed by atoms with Gasteiger partial charge in [-0.1, -0.05) is 51.2 Å². The monoisotopic (exact) mass is 275 g/mol. The summed E-state index contributed by atoms with van der Waals surface area (Å²) in [4.78, 5) is 0. The molecule has 0 radical (unpaired) electrons. The van der Waals surface area contributed by atoms with Crippen LogP contribution in [0.5, 0.6) is 0 Å². The van der Waals surface area contributed by atoms with Gasteiger partial charge in [-0.2, -0.15) is 0 Å². The summed E-state index contributed by atoms with van der Waals surface area (Å²) in [6, 6.07) is 8.31. The third kappa shape index (κ3) is 4.82. The lowest BCUT2D eigenvalue weighted by molar-refractivity contribution is 0.164. The first-order valence-electron chi connectivity index (χ1n) is 8.31. The van der Waals surface area contributed by atoms with Gasteiger partial charge in [0, 0.05) is 12.2 Å². The van der Waals surface area contributed by atoms with Gasteiger partial charge in [0.1, 0.15) is 0 Å². The van der Waals surface area contributed by atoms with Crippen LogP contribution in [-0.4, -0.2) is 11.7 Å². The Hall–Kier alpha value is -1.02. The Bertz CT molecular complexity index is 385. The number of hydrogen-bond acceptors (Lipinski definition) is 2. The van der Waals surface area contributed by atoms with Crippen LogP contribution < -0.4 is 5.32 Å². The molecule has 2 nitrogen and oxygen atoms in total. The lowest BCUT2D eigenvalue weighted by Crippen LogP contribution is -2.17. The van der Waals surface area contributed by atoms with Crippen molar-refractivity contribution >= 4 is 5.69 Å². The Balaban J connectivity index is 1.85. The van der Waals surface area contributed by atoms with Crippen LogP contribution in [0.25, 0.3) is 0 Å². The first kappa shape index (κ1) is 15.4. The minimum absolute atomic E-state index is 0.314. The number of anilines is 1. The highest BCUT2D eigenvalue weighted by Crippen LogP contribution is 2.25. The molecule has 2 N–H and O–H groups in total. The number of aliphatic hydroxyl groups is 1. The molecule has 1 aromatic rings. The lowest BCUT2D eigenvalue weighted by Gasteiger charge is -2.22. The second-order valence-corrected chi connectivity index (χ2v) is 6.17. The number of nitrogens with one attached hydrogen (secondary N) is 1. The number of benzene rings is 1. The Morgan fingerprint density at radius 1 is 1.25 bits per heavy atom. The van der Waals surface area contributed by atoms with Crippen LogP contribution in [0, 0.1) is 5.92 Å². The van der Waals surface area contributed by atoms with E-state index in [1.165, 1.54) is 32.1 Å². The quantitative estimate of drug-likeness (QED) is 0.741. The largest absolute Gasteiger partial charge is 0.388 e. The van der Waals surface area contributed by atoms with Gasteiger partial charge in [-0.15, -0.1) is 0 Å². The highest BCUT2D eigenvalue weighted by molar-refractivity contribution is 5.46. The molecular formula is C18H29NO. The van der Waals surface area contributed by atoms with Crippen molar-refractivity contribution in [3.8, 4) is 0 Å².